The summed E-state index contributed by atoms with van der Waals surface area (Å²) >= 11 is 0. The molecule has 2 aromatic heterocycles. The highest BCUT2D eigenvalue weighted by atomic mass is 19.4. The first-order chi connectivity index (χ1) is 13.1. The van der Waals surface area contributed by atoms with Gasteiger partial charge >= 0.3 is 18.5 Å². The molecule has 3 rings (SSSR count). The van der Waals surface area contributed by atoms with Crippen molar-refractivity contribution in [1.82, 2.24) is 14.8 Å². The number of nitrogen functional groups attached to an aromatic ring is 1. The maximum atomic E-state index is 13.3. The summed E-state index contributed by atoms with van der Waals surface area (Å²) in [4.78, 5) is 2.53. The minimum atomic E-state index is -5.42. The molecule has 4 nitrogen and oxygen atoms in total. The molecule has 3 aromatic rings. The van der Waals surface area contributed by atoms with Gasteiger partial charge in [0.25, 0.3) is 0 Å². The van der Waals surface area contributed by atoms with E-state index >= 15 is 0 Å². The Bertz CT molecular complexity index is 1090. The largest absolute Gasteiger partial charge is 0.434 e. The summed E-state index contributed by atoms with van der Waals surface area (Å²) in [6.45, 7) is 0. The van der Waals surface area contributed by atoms with Crippen LogP contribution in [0.3, 0.4) is 0 Å². The van der Waals surface area contributed by atoms with Crippen LogP contribution in [0.5, 0.6) is 0 Å². The fourth-order valence-electron chi connectivity index (χ4n) is 2.58. The number of benzene rings is 1. The third-order valence-corrected chi connectivity index (χ3v) is 3.74. The zero-order valence-corrected chi connectivity index (χ0v) is 13.5. The Hall–Kier alpha value is -3.06. The molecule has 0 atom stereocenters. The minimum absolute atomic E-state index is 0.0468. The molecule has 0 spiro atoms. The van der Waals surface area contributed by atoms with Gasteiger partial charge in [0.2, 0.25) is 0 Å². The number of pyridine rings is 1. The first-order valence-electron chi connectivity index (χ1n) is 7.31. The zero-order chi connectivity index (χ0) is 21.9. The topological polar surface area (TPSA) is 56.7 Å². The average Bonchev–Trinajstić information content (AvgIpc) is 2.88. The summed E-state index contributed by atoms with van der Waals surface area (Å²) in [5.41, 5.74) is -2.15. The number of halogens is 10. The number of hydrogen-bond acceptors (Lipinski definition) is 3. The van der Waals surface area contributed by atoms with E-state index in [4.69, 9.17) is 5.73 Å². The van der Waals surface area contributed by atoms with Gasteiger partial charge in [-0.1, -0.05) is 0 Å². The lowest BCUT2D eigenvalue weighted by Gasteiger charge is -2.14. The molecule has 2 N–H and O–H groups in total. The first kappa shape index (κ1) is 20.7. The van der Waals surface area contributed by atoms with E-state index in [2.05, 4.69) is 10.1 Å². The van der Waals surface area contributed by atoms with Gasteiger partial charge in [-0.25, -0.2) is 14.1 Å². The average molecular weight is 432 g/mol. The predicted octanol–water partition coefficient (Wildman–Crippen LogP) is 5.20. The molecule has 0 unspecified atom stereocenters. The van der Waals surface area contributed by atoms with Crippen molar-refractivity contribution in [2.75, 3.05) is 5.73 Å². The maximum absolute atomic E-state index is 13.3. The number of rotatable bonds is 1. The highest BCUT2D eigenvalue weighted by Crippen LogP contribution is 2.41. The summed E-state index contributed by atoms with van der Waals surface area (Å²) in [6.07, 6.45) is -15.9. The Morgan fingerprint density at radius 2 is 1.45 bits per heavy atom. The number of anilines is 1. The Morgan fingerprint density at radius 3 is 1.97 bits per heavy atom. The van der Waals surface area contributed by atoms with Crippen LogP contribution >= 0.6 is 0 Å². The lowest BCUT2D eigenvalue weighted by atomic mass is 10.1. The number of fused-ring (bicyclic) bond motifs is 1. The number of hydrogen-bond donors (Lipinski definition) is 1. The molecule has 2 heterocycles. The second-order valence-electron chi connectivity index (χ2n) is 5.70. The highest BCUT2D eigenvalue weighted by Gasteiger charge is 2.42. The Balaban J connectivity index is 2.41. The number of alkyl halides is 9. The van der Waals surface area contributed by atoms with E-state index in [1.807, 2.05) is 0 Å². The number of nitrogens with two attached hydrogens (primary N) is 1. The molecule has 14 heteroatoms. The lowest BCUT2D eigenvalue weighted by Crippen LogP contribution is -2.16. The van der Waals surface area contributed by atoms with E-state index in [1.54, 1.807) is 0 Å². The van der Waals surface area contributed by atoms with Crippen LogP contribution in [0, 0.1) is 5.82 Å². The normalized spacial score (nSPS) is 13.3. The van der Waals surface area contributed by atoms with Crippen molar-refractivity contribution in [3.8, 4) is 5.69 Å². The fourth-order valence-corrected chi connectivity index (χ4v) is 2.58. The van der Waals surface area contributed by atoms with Crippen LogP contribution in [0.15, 0.2) is 24.3 Å². The van der Waals surface area contributed by atoms with Gasteiger partial charge in [0.15, 0.2) is 5.69 Å². The molecule has 0 bridgehead atoms. The Kier molecular flexibility index (Phi) is 4.43. The lowest BCUT2D eigenvalue weighted by molar-refractivity contribution is -0.149. The van der Waals surface area contributed by atoms with Crippen molar-refractivity contribution in [1.29, 1.82) is 0 Å². The van der Waals surface area contributed by atoms with Crippen molar-refractivity contribution >= 4 is 16.7 Å². The molecule has 0 aliphatic heterocycles. The van der Waals surface area contributed by atoms with Crippen LogP contribution in [0.25, 0.3) is 16.6 Å². The zero-order valence-electron chi connectivity index (χ0n) is 13.5. The molecule has 0 radical (unpaired) electrons. The van der Waals surface area contributed by atoms with Crippen molar-refractivity contribution in [3.63, 3.8) is 0 Å². The molecular weight excluding hydrogens is 426 g/mol. The van der Waals surface area contributed by atoms with Crippen LogP contribution in [0.2, 0.25) is 0 Å². The summed E-state index contributed by atoms with van der Waals surface area (Å²) in [5.74, 6) is -2.36. The van der Waals surface area contributed by atoms with Crippen molar-refractivity contribution < 1.29 is 43.9 Å². The molecular formula is C15H6F10N4. The van der Waals surface area contributed by atoms with Gasteiger partial charge in [-0.3, -0.25) is 0 Å². The molecule has 156 valence electrons. The molecule has 29 heavy (non-hydrogen) atoms. The van der Waals surface area contributed by atoms with Crippen LogP contribution in [-0.2, 0) is 18.5 Å². The predicted molar refractivity (Wildman–Crippen MR) is 78.2 cm³/mol. The van der Waals surface area contributed by atoms with Gasteiger partial charge in [-0.2, -0.15) is 44.6 Å². The molecule has 0 aliphatic carbocycles. The minimum Gasteiger partial charge on any atom is -0.383 e. The maximum Gasteiger partial charge on any atom is 0.434 e. The molecule has 0 fully saturated rings. The van der Waals surface area contributed by atoms with Crippen LogP contribution in [-0.4, -0.2) is 14.8 Å². The standard InChI is InChI=1S/C15H6F10N4/c16-5-1-2-8(6(3-5)13(17,18)19)29-12(26)10-7(28-29)4-9(14(20,21)22)27-11(10)15(23,24)25/h1-4H,26H2. The van der Waals surface area contributed by atoms with Crippen molar-refractivity contribution in [2.24, 2.45) is 0 Å². The fraction of sp³-hybridized carbons (Fsp3) is 0.200. The van der Waals surface area contributed by atoms with Crippen molar-refractivity contribution in [2.45, 2.75) is 18.5 Å². The SMILES string of the molecule is Nc1c2c(C(F)(F)F)nc(C(F)(F)F)cc2nn1-c1ccc(F)cc1C(F)(F)F. The van der Waals surface area contributed by atoms with Gasteiger partial charge < -0.3 is 5.73 Å². The van der Waals surface area contributed by atoms with E-state index in [0.717, 1.165) is 0 Å². The van der Waals surface area contributed by atoms with Crippen LogP contribution in [0.1, 0.15) is 17.0 Å². The monoisotopic (exact) mass is 432 g/mol. The van der Waals surface area contributed by atoms with Gasteiger partial charge in [0, 0.05) is 0 Å². The van der Waals surface area contributed by atoms with Crippen molar-refractivity contribution in [3.05, 3.63) is 47.0 Å². The van der Waals surface area contributed by atoms with E-state index in [9.17, 15) is 43.9 Å². The van der Waals surface area contributed by atoms with Crippen LogP contribution in [0.4, 0.5) is 49.7 Å². The quantitative estimate of drug-likeness (QED) is 0.538. The van der Waals surface area contributed by atoms with E-state index in [1.165, 1.54) is 0 Å². The molecule has 0 amide bonds. The molecule has 1 aromatic carbocycles. The summed E-state index contributed by atoms with van der Waals surface area (Å²) < 4.78 is 131. The second kappa shape index (κ2) is 6.22. The second-order valence-corrected chi connectivity index (χ2v) is 5.70. The summed E-state index contributed by atoms with van der Waals surface area (Å²) in [5, 5.41) is 2.24. The molecule has 0 saturated carbocycles. The van der Waals surface area contributed by atoms with E-state index in [0.29, 0.717) is 12.1 Å². The number of nitrogens with zero attached hydrogens (tertiary/aromatic N) is 3. The number of aromatic nitrogens is 3. The summed E-state index contributed by atoms with van der Waals surface area (Å²) in [7, 11) is 0. The van der Waals surface area contributed by atoms with Gasteiger partial charge in [0.1, 0.15) is 17.3 Å². The summed E-state index contributed by atoms with van der Waals surface area (Å²) in [6, 6.07) is 1.26. The third-order valence-electron chi connectivity index (χ3n) is 3.74. The van der Waals surface area contributed by atoms with E-state index < -0.39 is 63.7 Å². The molecule has 0 aliphatic rings. The third kappa shape index (κ3) is 3.65. The highest BCUT2D eigenvalue weighted by molar-refractivity contribution is 5.92. The Labute approximate surface area is 153 Å². The Morgan fingerprint density at radius 1 is 0.828 bits per heavy atom. The first-order valence-corrected chi connectivity index (χ1v) is 7.31. The van der Waals surface area contributed by atoms with Gasteiger partial charge in [-0.15, -0.1) is 0 Å². The van der Waals surface area contributed by atoms with Crippen LogP contribution < -0.4 is 5.73 Å². The van der Waals surface area contributed by atoms with E-state index in [-0.39, 0.29) is 16.8 Å². The van der Waals surface area contributed by atoms with Gasteiger partial charge in [-0.05, 0) is 24.3 Å². The molecule has 0 saturated heterocycles. The smallest absolute Gasteiger partial charge is 0.383 e. The van der Waals surface area contributed by atoms with Gasteiger partial charge in [0.05, 0.1) is 22.2 Å².